The fourth-order valence-corrected chi connectivity index (χ4v) is 4.11. The van der Waals surface area contributed by atoms with E-state index in [0.29, 0.717) is 18.3 Å². The fourth-order valence-electron chi connectivity index (χ4n) is 4.11. The van der Waals surface area contributed by atoms with E-state index in [2.05, 4.69) is 38.7 Å². The van der Waals surface area contributed by atoms with E-state index in [4.69, 9.17) is 4.74 Å². The van der Waals surface area contributed by atoms with E-state index in [0.717, 1.165) is 36.4 Å². The molecule has 2 rings (SSSR count). The standard InChI is InChI=1S/C29H44FNO/c1-5-6-7-8-9-10-11-19-32-29-18-16-26(21-27(29)30)28-17-15-25(22-31-28)20-24(4)14-12-13-23(2)3/h15-18,21-24H,5-14,19-20H2,1-4H3. The first-order valence-electron chi connectivity index (χ1n) is 12.9. The number of pyridine rings is 1. The van der Waals surface area contributed by atoms with Crippen LogP contribution in [0.3, 0.4) is 0 Å². The summed E-state index contributed by atoms with van der Waals surface area (Å²) in [6.45, 7) is 9.69. The molecular formula is C29H44FNO. The molecule has 1 unspecified atom stereocenters. The first-order chi connectivity index (χ1) is 15.5. The monoisotopic (exact) mass is 441 g/mol. The van der Waals surface area contributed by atoms with Crippen molar-refractivity contribution in [2.24, 2.45) is 11.8 Å². The minimum atomic E-state index is -0.310. The van der Waals surface area contributed by atoms with Gasteiger partial charge in [0.05, 0.1) is 12.3 Å². The van der Waals surface area contributed by atoms with Gasteiger partial charge < -0.3 is 4.74 Å². The summed E-state index contributed by atoms with van der Waals surface area (Å²) in [5.74, 6) is 1.47. The summed E-state index contributed by atoms with van der Waals surface area (Å²) in [5.41, 5.74) is 2.85. The van der Waals surface area contributed by atoms with Crippen LogP contribution >= 0.6 is 0 Å². The van der Waals surface area contributed by atoms with Crippen LogP contribution in [0.25, 0.3) is 11.3 Å². The molecule has 1 aromatic carbocycles. The second-order valence-electron chi connectivity index (χ2n) is 9.80. The third kappa shape index (κ3) is 10.1. The molecule has 1 aromatic heterocycles. The van der Waals surface area contributed by atoms with Crippen LogP contribution in [0.1, 0.15) is 97.5 Å². The lowest BCUT2D eigenvalue weighted by Gasteiger charge is -2.13. The molecule has 178 valence electrons. The highest BCUT2D eigenvalue weighted by Crippen LogP contribution is 2.25. The second kappa shape index (κ2) is 15.0. The van der Waals surface area contributed by atoms with Crippen LogP contribution in [0.4, 0.5) is 4.39 Å². The zero-order chi connectivity index (χ0) is 23.2. The first-order valence-corrected chi connectivity index (χ1v) is 12.9. The number of benzene rings is 1. The lowest BCUT2D eigenvalue weighted by molar-refractivity contribution is 0.290. The summed E-state index contributed by atoms with van der Waals surface area (Å²) < 4.78 is 20.2. The van der Waals surface area contributed by atoms with Gasteiger partial charge in [0.1, 0.15) is 0 Å². The molecule has 1 atom stereocenters. The Balaban J connectivity index is 1.78. The molecule has 0 bridgehead atoms. The first kappa shape index (κ1) is 26.4. The van der Waals surface area contributed by atoms with E-state index in [9.17, 15) is 4.39 Å². The van der Waals surface area contributed by atoms with Crippen LogP contribution in [0.5, 0.6) is 5.75 Å². The minimum Gasteiger partial charge on any atom is -0.491 e. The van der Waals surface area contributed by atoms with Gasteiger partial charge in [-0.2, -0.15) is 0 Å². The summed E-state index contributed by atoms with van der Waals surface area (Å²) >= 11 is 0. The lowest BCUT2D eigenvalue weighted by atomic mass is 9.94. The molecule has 0 aliphatic heterocycles. The van der Waals surface area contributed by atoms with E-state index >= 15 is 0 Å². The van der Waals surface area contributed by atoms with Crippen molar-refractivity contribution in [3.63, 3.8) is 0 Å². The van der Waals surface area contributed by atoms with Gasteiger partial charge >= 0.3 is 0 Å². The van der Waals surface area contributed by atoms with Crippen molar-refractivity contribution >= 4 is 0 Å². The second-order valence-corrected chi connectivity index (χ2v) is 9.80. The maximum absolute atomic E-state index is 14.5. The van der Waals surface area contributed by atoms with Crippen LogP contribution in [0.2, 0.25) is 0 Å². The SMILES string of the molecule is CCCCCCCCCOc1ccc(-c2ccc(CC(C)CCCC(C)C)cn2)cc1F. The highest BCUT2D eigenvalue weighted by Gasteiger charge is 2.09. The number of rotatable bonds is 16. The molecule has 0 saturated carbocycles. The molecule has 1 heterocycles. The average molecular weight is 442 g/mol. The highest BCUT2D eigenvalue weighted by atomic mass is 19.1. The van der Waals surface area contributed by atoms with Crippen LogP contribution in [0.15, 0.2) is 36.5 Å². The summed E-state index contributed by atoms with van der Waals surface area (Å²) in [7, 11) is 0. The predicted octanol–water partition coefficient (Wildman–Crippen LogP) is 9.02. The van der Waals surface area contributed by atoms with Crippen LogP contribution in [-0.2, 0) is 6.42 Å². The molecule has 0 saturated heterocycles. The van der Waals surface area contributed by atoms with Crippen molar-refractivity contribution in [1.29, 1.82) is 0 Å². The molecule has 0 radical (unpaired) electrons. The van der Waals surface area contributed by atoms with Crippen LogP contribution in [-0.4, -0.2) is 11.6 Å². The smallest absolute Gasteiger partial charge is 0.165 e. The van der Waals surface area contributed by atoms with Gasteiger partial charge in [-0.1, -0.05) is 91.5 Å². The molecule has 0 spiro atoms. The lowest BCUT2D eigenvalue weighted by Crippen LogP contribution is -2.02. The number of halogens is 1. The van der Waals surface area contributed by atoms with Gasteiger partial charge in [-0.05, 0) is 54.5 Å². The largest absolute Gasteiger partial charge is 0.491 e. The molecule has 0 N–H and O–H groups in total. The highest BCUT2D eigenvalue weighted by molar-refractivity contribution is 5.60. The molecule has 3 heteroatoms. The number of unbranched alkanes of at least 4 members (excludes halogenated alkanes) is 6. The topological polar surface area (TPSA) is 22.1 Å². The molecule has 2 aromatic rings. The number of aromatic nitrogens is 1. The van der Waals surface area contributed by atoms with Gasteiger partial charge in [0, 0.05) is 11.8 Å². The Morgan fingerprint density at radius 3 is 2.28 bits per heavy atom. The maximum Gasteiger partial charge on any atom is 0.165 e. The fraction of sp³-hybridized carbons (Fsp3) is 0.621. The number of hydrogen-bond acceptors (Lipinski definition) is 2. The van der Waals surface area contributed by atoms with Gasteiger partial charge in [-0.15, -0.1) is 0 Å². The zero-order valence-electron chi connectivity index (χ0n) is 20.8. The van der Waals surface area contributed by atoms with Gasteiger partial charge in [0.2, 0.25) is 0 Å². The van der Waals surface area contributed by atoms with Gasteiger partial charge in [0.15, 0.2) is 11.6 Å². The van der Waals surface area contributed by atoms with E-state index in [1.165, 1.54) is 63.0 Å². The Morgan fingerprint density at radius 1 is 0.875 bits per heavy atom. The van der Waals surface area contributed by atoms with E-state index in [-0.39, 0.29) is 5.82 Å². The Morgan fingerprint density at radius 2 is 1.62 bits per heavy atom. The van der Waals surface area contributed by atoms with Gasteiger partial charge in [-0.25, -0.2) is 4.39 Å². The van der Waals surface area contributed by atoms with Gasteiger partial charge in [0.25, 0.3) is 0 Å². The molecule has 2 nitrogen and oxygen atoms in total. The van der Waals surface area contributed by atoms with E-state index < -0.39 is 0 Å². The summed E-state index contributed by atoms with van der Waals surface area (Å²) in [6.07, 6.45) is 15.4. The Kier molecular flexibility index (Phi) is 12.4. The predicted molar refractivity (Wildman–Crippen MR) is 135 cm³/mol. The Bertz CT molecular complexity index is 756. The third-order valence-electron chi connectivity index (χ3n) is 6.12. The summed E-state index contributed by atoms with van der Waals surface area (Å²) in [4.78, 5) is 4.59. The zero-order valence-corrected chi connectivity index (χ0v) is 20.8. The summed E-state index contributed by atoms with van der Waals surface area (Å²) in [5, 5.41) is 0. The van der Waals surface area contributed by atoms with Crippen LogP contribution in [0, 0.1) is 17.7 Å². The van der Waals surface area contributed by atoms with Crippen molar-refractivity contribution in [2.45, 2.75) is 98.3 Å². The van der Waals surface area contributed by atoms with Crippen molar-refractivity contribution in [2.75, 3.05) is 6.61 Å². The summed E-state index contributed by atoms with van der Waals surface area (Å²) in [6, 6.07) is 9.31. The van der Waals surface area contributed by atoms with Crippen molar-refractivity contribution in [3.8, 4) is 17.0 Å². The minimum absolute atomic E-state index is 0.310. The van der Waals surface area contributed by atoms with Crippen molar-refractivity contribution in [3.05, 3.63) is 47.9 Å². The Labute approximate surface area is 196 Å². The van der Waals surface area contributed by atoms with Crippen molar-refractivity contribution < 1.29 is 9.13 Å². The number of nitrogens with zero attached hydrogens (tertiary/aromatic N) is 1. The van der Waals surface area contributed by atoms with Crippen molar-refractivity contribution in [1.82, 2.24) is 4.98 Å². The number of hydrogen-bond donors (Lipinski definition) is 0. The quantitative estimate of drug-likeness (QED) is 0.242. The third-order valence-corrected chi connectivity index (χ3v) is 6.12. The molecule has 0 amide bonds. The molecule has 0 aliphatic carbocycles. The van der Waals surface area contributed by atoms with E-state index in [1.807, 2.05) is 18.3 Å². The van der Waals surface area contributed by atoms with E-state index in [1.54, 1.807) is 6.07 Å². The number of ether oxygens (including phenoxy) is 1. The van der Waals surface area contributed by atoms with Crippen LogP contribution < -0.4 is 4.74 Å². The van der Waals surface area contributed by atoms with Gasteiger partial charge in [-0.3, -0.25) is 4.98 Å². The average Bonchev–Trinajstić information content (AvgIpc) is 2.77. The molecule has 0 aliphatic rings. The maximum atomic E-state index is 14.5. The molecule has 0 fully saturated rings. The normalized spacial score (nSPS) is 12.3. The Hall–Kier alpha value is -1.90. The molecule has 32 heavy (non-hydrogen) atoms. The molecular weight excluding hydrogens is 397 g/mol.